The molecule has 0 saturated carbocycles. The van der Waals surface area contributed by atoms with E-state index in [4.69, 9.17) is 4.74 Å². The number of methoxy groups -OCH3 is 1. The summed E-state index contributed by atoms with van der Waals surface area (Å²) in [6.07, 6.45) is 0.737. The average Bonchev–Trinajstić information content (AvgIpc) is 3.24. The van der Waals surface area contributed by atoms with Crippen molar-refractivity contribution in [2.45, 2.75) is 18.5 Å². The number of hydrogen-bond donors (Lipinski definition) is 1. The number of amides is 1. The number of nitrogens with zero attached hydrogens (tertiary/aromatic N) is 5. The van der Waals surface area contributed by atoms with E-state index in [1.165, 1.54) is 11.8 Å². The Morgan fingerprint density at radius 2 is 1.90 bits per heavy atom. The van der Waals surface area contributed by atoms with Gasteiger partial charge in [0.15, 0.2) is 5.16 Å². The second-order valence-electron chi connectivity index (χ2n) is 6.11. The molecular weight excluding hydrogens is 432 g/mol. The second-order valence-corrected chi connectivity index (χ2v) is 7.85. The summed E-state index contributed by atoms with van der Waals surface area (Å²) in [6.45, 7) is 5.42. The van der Waals surface area contributed by atoms with Crippen molar-refractivity contribution in [3.05, 3.63) is 66.0 Å². The lowest BCUT2D eigenvalue weighted by atomic mass is 10.2. The van der Waals surface area contributed by atoms with Crippen molar-refractivity contribution in [3.63, 3.8) is 0 Å². The zero-order valence-electron chi connectivity index (χ0n) is 17.2. The largest absolute Gasteiger partial charge is 0.497 e. The number of carbonyl (C=O) groups is 1. The first kappa shape index (κ1) is 22.6. The number of nitrogens with one attached hydrogen (secondary N) is 1. The lowest BCUT2D eigenvalue weighted by Gasteiger charge is -2.09. The van der Waals surface area contributed by atoms with Crippen molar-refractivity contribution in [2.24, 2.45) is 10.2 Å². The Morgan fingerprint density at radius 3 is 2.55 bits per heavy atom. The molecule has 0 atom stereocenters. The van der Waals surface area contributed by atoms with Gasteiger partial charge < -0.3 is 4.74 Å². The van der Waals surface area contributed by atoms with Crippen molar-refractivity contribution in [3.8, 4) is 11.4 Å². The maximum atomic E-state index is 12.4. The normalized spacial score (nSPS) is 11.2. The SMILES string of the molecule is C=N/N=C(\SNC(=O)CSc1nnc(CC)n1-c1ccccc1)c1ccc(OC)cc1. The minimum absolute atomic E-state index is 0.180. The van der Waals surface area contributed by atoms with Gasteiger partial charge in [-0.15, -0.1) is 15.3 Å². The van der Waals surface area contributed by atoms with E-state index in [1.54, 1.807) is 7.11 Å². The monoisotopic (exact) mass is 454 g/mol. The number of ether oxygens (including phenoxy) is 1. The van der Waals surface area contributed by atoms with Gasteiger partial charge in [0.05, 0.1) is 12.9 Å². The number of benzene rings is 2. The summed E-state index contributed by atoms with van der Waals surface area (Å²) in [5.74, 6) is 1.57. The van der Waals surface area contributed by atoms with Crippen molar-refractivity contribution in [1.82, 2.24) is 19.5 Å². The lowest BCUT2D eigenvalue weighted by molar-refractivity contribution is -0.116. The molecule has 160 valence electrons. The van der Waals surface area contributed by atoms with Crippen LogP contribution < -0.4 is 9.46 Å². The summed E-state index contributed by atoms with van der Waals surface area (Å²) in [5, 5.41) is 17.3. The summed E-state index contributed by atoms with van der Waals surface area (Å²) in [5.41, 5.74) is 1.76. The molecule has 10 heteroatoms. The molecule has 1 aromatic heterocycles. The highest BCUT2D eigenvalue weighted by molar-refractivity contribution is 8.13. The van der Waals surface area contributed by atoms with Crippen LogP contribution in [0.3, 0.4) is 0 Å². The van der Waals surface area contributed by atoms with Crippen LogP contribution in [0.2, 0.25) is 0 Å². The van der Waals surface area contributed by atoms with E-state index in [1.807, 2.05) is 66.1 Å². The van der Waals surface area contributed by atoms with Crippen LogP contribution in [0.5, 0.6) is 5.75 Å². The minimum atomic E-state index is -0.180. The van der Waals surface area contributed by atoms with Gasteiger partial charge in [-0.25, -0.2) is 0 Å². The van der Waals surface area contributed by atoms with E-state index in [9.17, 15) is 4.79 Å². The zero-order chi connectivity index (χ0) is 22.1. The number of hydrogen-bond acceptors (Lipinski definition) is 8. The van der Waals surface area contributed by atoms with Gasteiger partial charge in [-0.2, -0.15) is 5.10 Å². The molecule has 0 radical (unpaired) electrons. The summed E-state index contributed by atoms with van der Waals surface area (Å²) in [6, 6.07) is 17.2. The van der Waals surface area contributed by atoms with Crippen LogP contribution in [0, 0.1) is 0 Å². The van der Waals surface area contributed by atoms with Gasteiger partial charge in [-0.3, -0.25) is 14.1 Å². The van der Waals surface area contributed by atoms with Crippen LogP contribution in [0.25, 0.3) is 5.69 Å². The maximum Gasteiger partial charge on any atom is 0.240 e. The highest BCUT2D eigenvalue weighted by Gasteiger charge is 2.15. The van der Waals surface area contributed by atoms with Crippen LogP contribution >= 0.6 is 23.7 Å². The minimum Gasteiger partial charge on any atom is -0.497 e. The van der Waals surface area contributed by atoms with Crippen LogP contribution in [0.15, 0.2) is 70.0 Å². The van der Waals surface area contributed by atoms with Gasteiger partial charge >= 0.3 is 0 Å². The molecule has 3 rings (SSSR count). The maximum absolute atomic E-state index is 12.4. The molecule has 0 fully saturated rings. The molecule has 0 spiro atoms. The number of thioether (sulfide) groups is 1. The first-order valence-corrected chi connectivity index (χ1v) is 11.2. The molecule has 31 heavy (non-hydrogen) atoms. The highest BCUT2D eigenvalue weighted by Crippen LogP contribution is 2.23. The Kier molecular flexibility index (Phi) is 8.25. The first-order chi connectivity index (χ1) is 15.2. The Bertz CT molecular complexity index is 1050. The fourth-order valence-electron chi connectivity index (χ4n) is 2.66. The highest BCUT2D eigenvalue weighted by atomic mass is 32.2. The summed E-state index contributed by atoms with van der Waals surface area (Å²) >= 11 is 2.41. The summed E-state index contributed by atoms with van der Waals surface area (Å²) in [4.78, 5) is 12.4. The van der Waals surface area contributed by atoms with Crippen LogP contribution in [-0.4, -0.2) is 45.3 Å². The quantitative estimate of drug-likeness (QED) is 0.183. The Hall–Kier alpha value is -3.11. The standard InChI is InChI=1S/C21H22N6O2S2/c1-4-18-23-25-21(27(18)16-8-6-5-7-9-16)30-14-19(28)26-31-20(24-22-2)15-10-12-17(29-3)13-11-15/h5-13H,2,4,14H2,1,3H3,(H,26,28)/b24-20-. The number of aromatic nitrogens is 3. The van der Waals surface area contributed by atoms with Gasteiger partial charge in [-0.1, -0.05) is 36.9 Å². The van der Waals surface area contributed by atoms with Crippen molar-refractivity contribution < 1.29 is 9.53 Å². The van der Waals surface area contributed by atoms with E-state index in [0.717, 1.165) is 41.2 Å². The molecule has 8 nitrogen and oxygen atoms in total. The number of para-hydroxylation sites is 1. The molecule has 0 bridgehead atoms. The molecule has 0 aliphatic heterocycles. The predicted molar refractivity (Wildman–Crippen MR) is 126 cm³/mol. The predicted octanol–water partition coefficient (Wildman–Crippen LogP) is 3.76. The van der Waals surface area contributed by atoms with Gasteiger partial charge in [0.1, 0.15) is 16.6 Å². The fourth-order valence-corrected chi connectivity index (χ4v) is 4.16. The molecule has 0 unspecified atom stereocenters. The average molecular weight is 455 g/mol. The third-order valence-corrected chi connectivity index (χ3v) is 5.89. The molecule has 0 aliphatic rings. The summed E-state index contributed by atoms with van der Waals surface area (Å²) < 4.78 is 9.93. The third-order valence-electron chi connectivity index (χ3n) is 4.12. The molecule has 2 aromatic carbocycles. The van der Waals surface area contributed by atoms with Crippen molar-refractivity contribution in [2.75, 3.05) is 12.9 Å². The van der Waals surface area contributed by atoms with Gasteiger partial charge in [0, 0.05) is 36.3 Å². The van der Waals surface area contributed by atoms with E-state index in [0.29, 0.717) is 10.2 Å². The smallest absolute Gasteiger partial charge is 0.240 e. The van der Waals surface area contributed by atoms with Crippen LogP contribution in [0.4, 0.5) is 0 Å². The molecule has 0 aliphatic carbocycles. The van der Waals surface area contributed by atoms with E-state index in [-0.39, 0.29) is 11.7 Å². The Balaban J connectivity index is 1.63. The first-order valence-electron chi connectivity index (χ1n) is 9.42. The fraction of sp³-hybridized carbons (Fsp3) is 0.190. The molecule has 1 N–H and O–H groups in total. The van der Waals surface area contributed by atoms with E-state index < -0.39 is 0 Å². The van der Waals surface area contributed by atoms with Crippen molar-refractivity contribution >= 4 is 41.4 Å². The van der Waals surface area contributed by atoms with Crippen molar-refractivity contribution in [1.29, 1.82) is 0 Å². The van der Waals surface area contributed by atoms with Gasteiger partial charge in [-0.05, 0) is 36.4 Å². The van der Waals surface area contributed by atoms with Gasteiger partial charge in [0.25, 0.3) is 0 Å². The molecule has 0 saturated heterocycles. The third kappa shape index (κ3) is 5.96. The van der Waals surface area contributed by atoms with Crippen LogP contribution in [-0.2, 0) is 11.2 Å². The second kappa shape index (κ2) is 11.3. The number of aryl methyl sites for hydroxylation is 1. The Labute approximate surface area is 189 Å². The van der Waals surface area contributed by atoms with E-state index in [2.05, 4.69) is 31.8 Å². The summed E-state index contributed by atoms with van der Waals surface area (Å²) in [7, 11) is 1.60. The lowest BCUT2D eigenvalue weighted by Crippen LogP contribution is -2.20. The zero-order valence-corrected chi connectivity index (χ0v) is 18.8. The molecule has 3 aromatic rings. The molecule has 1 heterocycles. The molecule has 1 amide bonds. The topological polar surface area (TPSA) is 93.8 Å². The van der Waals surface area contributed by atoms with Gasteiger partial charge in [0.2, 0.25) is 5.91 Å². The van der Waals surface area contributed by atoms with E-state index >= 15 is 0 Å². The molecular formula is C21H22N6O2S2. The number of carbonyl (C=O) groups excluding carboxylic acids is 1. The number of rotatable bonds is 8. The Morgan fingerprint density at radius 1 is 1.16 bits per heavy atom. The van der Waals surface area contributed by atoms with Crippen LogP contribution in [0.1, 0.15) is 18.3 Å².